The molecule has 0 spiro atoms. The fourth-order valence-corrected chi connectivity index (χ4v) is 2.18. The van der Waals surface area contributed by atoms with Crippen LogP contribution in [0, 0.1) is 5.92 Å². The summed E-state index contributed by atoms with van der Waals surface area (Å²) in [6, 6.07) is -1.31. The molecule has 0 aliphatic heterocycles. The molecule has 0 aromatic rings. The second kappa shape index (κ2) is 7.29. The third kappa shape index (κ3) is 6.97. The van der Waals surface area contributed by atoms with E-state index in [1.807, 2.05) is 4.72 Å². The van der Waals surface area contributed by atoms with Crippen molar-refractivity contribution in [2.75, 3.05) is 0 Å². The van der Waals surface area contributed by atoms with Crippen LogP contribution in [-0.4, -0.2) is 37.7 Å². The van der Waals surface area contributed by atoms with Crippen molar-refractivity contribution in [3.63, 3.8) is 0 Å². The van der Waals surface area contributed by atoms with Crippen molar-refractivity contribution in [3.8, 4) is 0 Å². The molecule has 112 valence electrons. The first-order chi connectivity index (χ1) is 8.59. The van der Waals surface area contributed by atoms with Gasteiger partial charge >= 0.3 is 22.3 Å². The lowest BCUT2D eigenvalue weighted by Gasteiger charge is -2.20. The molecule has 19 heavy (non-hydrogen) atoms. The van der Waals surface area contributed by atoms with Gasteiger partial charge in [0.05, 0.1) is 6.10 Å². The summed E-state index contributed by atoms with van der Waals surface area (Å²) in [6.45, 7) is 6.43. The van der Waals surface area contributed by atoms with Gasteiger partial charge in [0.1, 0.15) is 6.04 Å². The van der Waals surface area contributed by atoms with Gasteiger partial charge in [-0.25, -0.2) is 9.52 Å². The van der Waals surface area contributed by atoms with Crippen LogP contribution in [0.15, 0.2) is 0 Å². The van der Waals surface area contributed by atoms with Gasteiger partial charge in [-0.15, -0.1) is 0 Å². The number of aliphatic carboxylic acids is 1. The second-order valence-corrected chi connectivity index (χ2v) is 5.83. The molecule has 9 heteroatoms. The number of hydrogen-bond donors (Lipinski definition) is 3. The highest BCUT2D eigenvalue weighted by Gasteiger charge is 2.29. The molecule has 3 N–H and O–H groups in total. The van der Waals surface area contributed by atoms with Crippen LogP contribution in [0.2, 0.25) is 0 Å². The molecule has 0 rings (SSSR count). The van der Waals surface area contributed by atoms with Gasteiger partial charge in [0.2, 0.25) is 0 Å². The van der Waals surface area contributed by atoms with Crippen LogP contribution >= 0.6 is 0 Å². The molecule has 0 aromatic heterocycles. The van der Waals surface area contributed by atoms with Gasteiger partial charge in [-0.05, 0) is 19.8 Å². The lowest BCUT2D eigenvalue weighted by Crippen LogP contribution is -2.51. The number of carbonyl (C=O) groups is 2. The number of amides is 1. The maximum absolute atomic E-state index is 11.6. The van der Waals surface area contributed by atoms with Crippen LogP contribution in [0.4, 0.5) is 4.79 Å². The van der Waals surface area contributed by atoms with Crippen LogP contribution in [0.5, 0.6) is 0 Å². The summed E-state index contributed by atoms with van der Waals surface area (Å²) in [5.41, 5.74) is 0. The predicted octanol–water partition coefficient (Wildman–Crippen LogP) is 0.455. The minimum absolute atomic E-state index is 0.421. The Kier molecular flexibility index (Phi) is 6.77. The van der Waals surface area contributed by atoms with Gasteiger partial charge in [0.15, 0.2) is 0 Å². The van der Waals surface area contributed by atoms with E-state index in [1.165, 1.54) is 0 Å². The third-order valence-corrected chi connectivity index (χ3v) is 3.32. The molecule has 0 saturated carbocycles. The number of hydrogen-bond acceptors (Lipinski definition) is 5. The number of carboxylic acid groups (broad SMARTS) is 1. The topological polar surface area (TPSA) is 122 Å². The van der Waals surface area contributed by atoms with E-state index in [4.69, 9.17) is 5.11 Å². The maximum atomic E-state index is 11.6. The molecule has 0 bridgehead atoms. The van der Waals surface area contributed by atoms with E-state index >= 15 is 0 Å². The molecule has 0 aliphatic carbocycles. The maximum Gasteiger partial charge on any atom is 0.422 e. The second-order valence-electron chi connectivity index (χ2n) is 4.38. The molecule has 1 amide bonds. The largest absolute Gasteiger partial charge is 0.480 e. The molecule has 0 heterocycles. The fraction of sp³-hybridized carbons (Fsp3) is 0.800. The summed E-state index contributed by atoms with van der Waals surface area (Å²) in [4.78, 5) is 22.1. The van der Waals surface area contributed by atoms with Gasteiger partial charge in [-0.2, -0.15) is 13.1 Å². The zero-order valence-corrected chi connectivity index (χ0v) is 12.2. The summed E-state index contributed by atoms with van der Waals surface area (Å²) in [5, 5.41) is 8.95. The Labute approximate surface area is 112 Å². The van der Waals surface area contributed by atoms with Crippen LogP contribution in [0.3, 0.4) is 0 Å². The Morgan fingerprint density at radius 2 is 1.79 bits per heavy atom. The first-order valence-electron chi connectivity index (χ1n) is 5.82. The molecular formula is C10H20N2O6S. The van der Waals surface area contributed by atoms with Crippen LogP contribution in [-0.2, 0) is 19.7 Å². The molecule has 2 atom stereocenters. The summed E-state index contributed by atoms with van der Waals surface area (Å²) >= 11 is 0. The summed E-state index contributed by atoms with van der Waals surface area (Å²) in [7, 11) is -4.28. The van der Waals surface area contributed by atoms with Crippen LogP contribution in [0.1, 0.15) is 34.1 Å². The molecule has 0 unspecified atom stereocenters. The average molecular weight is 296 g/mol. The van der Waals surface area contributed by atoms with Crippen molar-refractivity contribution < 1.29 is 27.9 Å². The Balaban J connectivity index is 4.74. The lowest BCUT2D eigenvalue weighted by atomic mass is 10.0. The highest BCUT2D eigenvalue weighted by molar-refractivity contribution is 7.88. The number of carboxylic acids is 1. The van der Waals surface area contributed by atoms with E-state index < -0.39 is 40.3 Å². The summed E-state index contributed by atoms with van der Waals surface area (Å²) in [6.07, 6.45) is -1.17. The summed E-state index contributed by atoms with van der Waals surface area (Å²) < 4.78 is 31.2. The van der Waals surface area contributed by atoms with Crippen LogP contribution in [0.25, 0.3) is 0 Å². The quantitative estimate of drug-likeness (QED) is 0.627. The number of ether oxygens (including phenoxy) is 1. The number of nitrogens with one attached hydrogen (secondary N) is 2. The number of rotatable bonds is 7. The fourth-order valence-electron chi connectivity index (χ4n) is 1.19. The standard InChI is InChI=1S/C10H20N2O6S/c1-5-7(4)8(9(13)14)11-19(16,17)12-10(15)18-6(2)3/h6-8,11H,5H2,1-4H3,(H,12,15)(H,13,14)/t7-,8-/m0/s1. The Morgan fingerprint density at radius 1 is 1.26 bits per heavy atom. The Hall–Kier alpha value is -1.35. The minimum Gasteiger partial charge on any atom is -0.480 e. The average Bonchev–Trinajstić information content (AvgIpc) is 2.22. The van der Waals surface area contributed by atoms with E-state index in [-0.39, 0.29) is 0 Å². The SMILES string of the molecule is CC[C@H](C)[C@H](NS(=O)(=O)NC(=O)OC(C)C)C(=O)O. The zero-order valence-electron chi connectivity index (χ0n) is 11.3. The van der Waals surface area contributed by atoms with E-state index in [9.17, 15) is 18.0 Å². The highest BCUT2D eigenvalue weighted by Crippen LogP contribution is 2.08. The van der Waals surface area contributed by atoms with E-state index in [2.05, 4.69) is 4.74 Å². The van der Waals surface area contributed by atoms with E-state index in [1.54, 1.807) is 32.4 Å². The van der Waals surface area contributed by atoms with Gasteiger partial charge in [-0.3, -0.25) is 4.79 Å². The van der Waals surface area contributed by atoms with Gasteiger partial charge in [-0.1, -0.05) is 20.3 Å². The molecule has 0 fully saturated rings. The van der Waals surface area contributed by atoms with Gasteiger partial charge in [0.25, 0.3) is 0 Å². The molecule has 0 radical (unpaired) electrons. The van der Waals surface area contributed by atoms with Crippen LogP contribution < -0.4 is 9.44 Å². The molecular weight excluding hydrogens is 276 g/mol. The predicted molar refractivity (Wildman–Crippen MR) is 67.7 cm³/mol. The van der Waals surface area contributed by atoms with Crippen molar-refractivity contribution >= 4 is 22.3 Å². The first-order valence-corrected chi connectivity index (χ1v) is 7.30. The molecule has 8 nitrogen and oxygen atoms in total. The van der Waals surface area contributed by atoms with E-state index in [0.29, 0.717) is 6.42 Å². The monoisotopic (exact) mass is 296 g/mol. The molecule has 0 aliphatic rings. The summed E-state index contributed by atoms with van der Waals surface area (Å²) in [5.74, 6) is -1.73. The van der Waals surface area contributed by atoms with Crippen molar-refractivity contribution in [1.82, 2.24) is 9.44 Å². The molecule has 0 aromatic carbocycles. The van der Waals surface area contributed by atoms with Crippen molar-refractivity contribution in [3.05, 3.63) is 0 Å². The zero-order chi connectivity index (χ0) is 15.2. The third-order valence-electron chi connectivity index (χ3n) is 2.32. The van der Waals surface area contributed by atoms with Crippen molar-refractivity contribution in [1.29, 1.82) is 0 Å². The van der Waals surface area contributed by atoms with Crippen molar-refractivity contribution in [2.24, 2.45) is 5.92 Å². The highest BCUT2D eigenvalue weighted by atomic mass is 32.2. The Bertz CT molecular complexity index is 420. The Morgan fingerprint density at radius 3 is 2.16 bits per heavy atom. The smallest absolute Gasteiger partial charge is 0.422 e. The first kappa shape index (κ1) is 17.6. The lowest BCUT2D eigenvalue weighted by molar-refractivity contribution is -0.140. The van der Waals surface area contributed by atoms with Crippen molar-refractivity contribution in [2.45, 2.75) is 46.3 Å². The van der Waals surface area contributed by atoms with Gasteiger partial charge in [0, 0.05) is 0 Å². The minimum atomic E-state index is -4.28. The van der Waals surface area contributed by atoms with Gasteiger partial charge < -0.3 is 9.84 Å². The number of carbonyl (C=O) groups excluding carboxylic acids is 1. The normalized spacial score (nSPS) is 14.8. The molecule has 0 saturated heterocycles. The van der Waals surface area contributed by atoms with E-state index in [0.717, 1.165) is 0 Å².